The predicted octanol–water partition coefficient (Wildman–Crippen LogP) is 24.6. The first-order valence-corrected chi connectivity index (χ1v) is 35.4. The molecule has 0 aliphatic carbocycles. The summed E-state index contributed by atoms with van der Waals surface area (Å²) >= 11 is 0. The van der Waals surface area contributed by atoms with Crippen molar-refractivity contribution in [1.29, 1.82) is 0 Å². The van der Waals surface area contributed by atoms with Gasteiger partial charge in [-0.1, -0.05) is 348 Å². The molecule has 0 aliphatic heterocycles. The molecule has 6 heteroatoms. The zero-order chi connectivity index (χ0) is 59.9. The Hall–Kier alpha value is -3.93. The van der Waals surface area contributed by atoms with Crippen LogP contribution in [0.5, 0.6) is 0 Å². The first kappa shape index (κ1) is 79.1. The van der Waals surface area contributed by atoms with Crippen molar-refractivity contribution in [3.8, 4) is 0 Å². The molecule has 0 heterocycles. The van der Waals surface area contributed by atoms with Crippen molar-refractivity contribution >= 4 is 17.9 Å². The van der Waals surface area contributed by atoms with Crippen LogP contribution >= 0.6 is 0 Å². The molecule has 0 aromatic heterocycles. The van der Waals surface area contributed by atoms with Crippen LogP contribution in [-0.2, 0) is 28.6 Å². The molecule has 0 aromatic rings. The molecule has 0 aromatic carbocycles. The van der Waals surface area contributed by atoms with E-state index in [1.54, 1.807) is 6.08 Å². The molecular formula is C77H132O6. The molecule has 0 N–H and O–H groups in total. The topological polar surface area (TPSA) is 78.9 Å². The van der Waals surface area contributed by atoms with Crippen LogP contribution in [0.3, 0.4) is 0 Å². The lowest BCUT2D eigenvalue weighted by molar-refractivity contribution is -0.166. The largest absolute Gasteiger partial charge is 0.462 e. The Labute approximate surface area is 514 Å². The molecule has 0 rings (SSSR count). The van der Waals surface area contributed by atoms with Crippen molar-refractivity contribution in [2.24, 2.45) is 0 Å². The third-order valence-corrected chi connectivity index (χ3v) is 15.3. The second-order valence-corrected chi connectivity index (χ2v) is 23.4. The van der Waals surface area contributed by atoms with Crippen LogP contribution in [0.25, 0.3) is 0 Å². The molecule has 0 fully saturated rings. The van der Waals surface area contributed by atoms with Gasteiger partial charge >= 0.3 is 17.9 Å². The van der Waals surface area contributed by atoms with Gasteiger partial charge < -0.3 is 14.2 Å². The van der Waals surface area contributed by atoms with E-state index in [4.69, 9.17) is 14.2 Å². The van der Waals surface area contributed by atoms with Gasteiger partial charge in [0.2, 0.25) is 0 Å². The van der Waals surface area contributed by atoms with E-state index in [0.717, 1.165) is 96.3 Å². The zero-order valence-electron chi connectivity index (χ0n) is 54.7. The number of rotatable bonds is 64. The SMILES string of the molecule is CC/C=C\C/C=C\C/C=C\C/C=C\C/C=C\CC(=O)OCC(COC(=O)CCCCCCCCCCCCCCCCCCCCCCCCCCCCC)OC(=O)CCCCCCCCCCCC/C=C\C/C=C\C/C=C\C/C=C\CC. The van der Waals surface area contributed by atoms with Gasteiger partial charge in [-0.3, -0.25) is 14.4 Å². The van der Waals surface area contributed by atoms with Gasteiger partial charge in [0.25, 0.3) is 0 Å². The Balaban J connectivity index is 4.34. The number of unbranched alkanes of at least 4 members (excludes halogenated alkanes) is 36. The molecule has 0 saturated heterocycles. The Kier molecular flexibility index (Phi) is 67.2. The summed E-state index contributed by atoms with van der Waals surface area (Å²) in [4.78, 5) is 38.4. The highest BCUT2D eigenvalue weighted by Crippen LogP contribution is 2.18. The fraction of sp³-hybridized carbons (Fsp3) is 0.727. The Morgan fingerprint density at radius 1 is 0.265 bits per heavy atom. The number of carbonyl (C=O) groups excluding carboxylic acids is 3. The summed E-state index contributed by atoms with van der Waals surface area (Å²) in [5, 5.41) is 0. The fourth-order valence-corrected chi connectivity index (χ4v) is 10.1. The lowest BCUT2D eigenvalue weighted by atomic mass is 10.0. The van der Waals surface area contributed by atoms with Crippen molar-refractivity contribution in [3.05, 3.63) is 109 Å². The predicted molar refractivity (Wildman–Crippen MR) is 362 cm³/mol. The summed E-state index contributed by atoms with van der Waals surface area (Å²) in [5.41, 5.74) is 0. The summed E-state index contributed by atoms with van der Waals surface area (Å²) < 4.78 is 16.9. The molecular weight excluding hydrogens is 1020 g/mol. The molecule has 0 bridgehead atoms. The van der Waals surface area contributed by atoms with Crippen molar-refractivity contribution in [2.45, 2.75) is 348 Å². The maximum absolute atomic E-state index is 13.0. The van der Waals surface area contributed by atoms with Crippen LogP contribution in [0, 0.1) is 0 Å². The lowest BCUT2D eigenvalue weighted by Gasteiger charge is -2.18. The summed E-state index contributed by atoms with van der Waals surface area (Å²) in [5.74, 6) is -1.03. The van der Waals surface area contributed by atoms with Crippen molar-refractivity contribution in [1.82, 2.24) is 0 Å². The zero-order valence-corrected chi connectivity index (χ0v) is 54.7. The van der Waals surface area contributed by atoms with Gasteiger partial charge in [-0.25, -0.2) is 0 Å². The van der Waals surface area contributed by atoms with E-state index in [1.165, 1.54) is 205 Å². The average molecular weight is 1150 g/mol. The Bertz CT molecular complexity index is 1660. The second kappa shape index (κ2) is 70.6. The van der Waals surface area contributed by atoms with Gasteiger partial charge in [0.1, 0.15) is 13.2 Å². The maximum atomic E-state index is 13.0. The lowest BCUT2D eigenvalue weighted by Crippen LogP contribution is -2.30. The van der Waals surface area contributed by atoms with Gasteiger partial charge in [0.15, 0.2) is 6.10 Å². The van der Waals surface area contributed by atoms with Crippen LogP contribution in [0.4, 0.5) is 0 Å². The molecule has 0 aliphatic rings. The standard InChI is InChI=1S/C77H132O6/c1-4-7-10-13-16-19-22-25-28-30-32-34-36-37-38-39-41-42-44-46-49-52-55-58-61-64-67-70-76(79)82-73-74(72-81-75(78)69-66-63-60-57-54-51-48-27-24-21-18-15-12-9-6-3)83-77(80)71-68-65-62-59-56-53-50-47-45-43-40-35-33-31-29-26-23-20-17-14-11-8-5-2/h8-9,11-12,17-18,20-21,26-27,29,33,35,48,54,57,63,66,74H,4-7,10,13-16,19,22-25,28,30-32,34,36-47,49-53,55-56,58-62,64-65,67-73H2,1-3H3/b11-8-,12-9-,20-17-,21-18-,29-26-,35-33-,48-27-,57-54-,66-63-. The van der Waals surface area contributed by atoms with Crippen molar-refractivity contribution in [3.63, 3.8) is 0 Å². The minimum Gasteiger partial charge on any atom is -0.462 e. The normalized spacial score (nSPS) is 12.8. The quantitative estimate of drug-likeness (QED) is 0.0261. The molecule has 83 heavy (non-hydrogen) atoms. The minimum atomic E-state index is -0.823. The highest BCUT2D eigenvalue weighted by molar-refractivity contribution is 5.72. The van der Waals surface area contributed by atoms with E-state index in [9.17, 15) is 14.4 Å². The molecule has 1 atom stereocenters. The Morgan fingerprint density at radius 2 is 0.518 bits per heavy atom. The molecule has 0 spiro atoms. The number of carbonyl (C=O) groups is 3. The number of esters is 3. The first-order chi connectivity index (χ1) is 41.0. The summed E-state index contributed by atoms with van der Waals surface area (Å²) in [6, 6.07) is 0. The van der Waals surface area contributed by atoms with Gasteiger partial charge in [-0.2, -0.15) is 0 Å². The van der Waals surface area contributed by atoms with E-state index >= 15 is 0 Å². The van der Waals surface area contributed by atoms with Crippen LogP contribution in [0.2, 0.25) is 0 Å². The van der Waals surface area contributed by atoms with Gasteiger partial charge in [0.05, 0.1) is 6.42 Å². The van der Waals surface area contributed by atoms with E-state index in [1.807, 2.05) is 6.08 Å². The van der Waals surface area contributed by atoms with Gasteiger partial charge in [-0.05, 0) is 83.5 Å². The first-order valence-electron chi connectivity index (χ1n) is 35.4. The van der Waals surface area contributed by atoms with Crippen molar-refractivity contribution in [2.75, 3.05) is 13.2 Å². The fourth-order valence-electron chi connectivity index (χ4n) is 10.1. The maximum Gasteiger partial charge on any atom is 0.309 e. The highest BCUT2D eigenvalue weighted by Gasteiger charge is 2.19. The third-order valence-electron chi connectivity index (χ3n) is 15.3. The number of allylic oxidation sites excluding steroid dienone is 17. The third kappa shape index (κ3) is 68.7. The monoisotopic (exact) mass is 1150 g/mol. The van der Waals surface area contributed by atoms with Crippen LogP contribution in [0.1, 0.15) is 342 Å². The molecule has 6 nitrogen and oxygen atoms in total. The van der Waals surface area contributed by atoms with Crippen LogP contribution < -0.4 is 0 Å². The molecule has 476 valence electrons. The van der Waals surface area contributed by atoms with E-state index in [2.05, 4.69) is 118 Å². The van der Waals surface area contributed by atoms with E-state index in [-0.39, 0.29) is 31.6 Å². The smallest absolute Gasteiger partial charge is 0.309 e. The van der Waals surface area contributed by atoms with Crippen LogP contribution in [0.15, 0.2) is 109 Å². The molecule has 0 radical (unpaired) electrons. The number of ether oxygens (including phenoxy) is 3. The molecule has 1 unspecified atom stereocenters. The number of hydrogen-bond donors (Lipinski definition) is 0. The molecule has 0 amide bonds. The minimum absolute atomic E-state index is 0.108. The molecule has 0 saturated carbocycles. The highest BCUT2D eigenvalue weighted by atomic mass is 16.6. The summed E-state index contributed by atoms with van der Waals surface area (Å²) in [6.45, 7) is 6.37. The summed E-state index contributed by atoms with van der Waals surface area (Å²) in [7, 11) is 0. The summed E-state index contributed by atoms with van der Waals surface area (Å²) in [6.07, 6.45) is 97.2. The van der Waals surface area contributed by atoms with Crippen LogP contribution in [-0.4, -0.2) is 37.2 Å². The Morgan fingerprint density at radius 3 is 0.843 bits per heavy atom. The number of hydrogen-bond acceptors (Lipinski definition) is 6. The average Bonchev–Trinajstić information content (AvgIpc) is 3.49. The second-order valence-electron chi connectivity index (χ2n) is 23.4. The van der Waals surface area contributed by atoms with Crippen molar-refractivity contribution < 1.29 is 28.6 Å². The van der Waals surface area contributed by atoms with E-state index in [0.29, 0.717) is 12.8 Å². The van der Waals surface area contributed by atoms with Gasteiger partial charge in [-0.15, -0.1) is 0 Å². The van der Waals surface area contributed by atoms with Gasteiger partial charge in [0, 0.05) is 12.8 Å². The van der Waals surface area contributed by atoms with E-state index < -0.39 is 12.1 Å².